The van der Waals surface area contributed by atoms with Crippen LogP contribution in [0, 0.1) is 6.92 Å². The third-order valence-electron chi connectivity index (χ3n) is 5.10. The first-order chi connectivity index (χ1) is 14.8. The molecule has 1 aliphatic heterocycles. The zero-order chi connectivity index (χ0) is 22.4. The van der Waals surface area contributed by atoms with Crippen LogP contribution in [-0.4, -0.2) is 37.5 Å². The van der Waals surface area contributed by atoms with Gasteiger partial charge in [-0.1, -0.05) is 26.0 Å². The zero-order valence-corrected chi connectivity index (χ0v) is 18.1. The van der Waals surface area contributed by atoms with Crippen LogP contribution in [-0.2, 0) is 19.1 Å². The summed E-state index contributed by atoms with van der Waals surface area (Å²) in [7, 11) is 0. The number of benzene rings is 2. The summed E-state index contributed by atoms with van der Waals surface area (Å²) in [5.74, 6) is -0.0235. The summed E-state index contributed by atoms with van der Waals surface area (Å²) in [6, 6.07) is 12.7. The summed E-state index contributed by atoms with van der Waals surface area (Å²) in [6.45, 7) is 6.22. The monoisotopic (exact) mass is 424 g/mol. The molecule has 0 atom stereocenters. The highest BCUT2D eigenvalue weighted by molar-refractivity contribution is 5.97. The highest BCUT2D eigenvalue weighted by Gasteiger charge is 2.21. The molecule has 164 valence electrons. The van der Waals surface area contributed by atoms with Crippen molar-refractivity contribution >= 4 is 29.2 Å². The van der Waals surface area contributed by atoms with E-state index in [9.17, 15) is 14.4 Å². The number of carbonyl (C=O) groups excluding carboxylic acids is 3. The van der Waals surface area contributed by atoms with Gasteiger partial charge in [-0.3, -0.25) is 9.59 Å². The van der Waals surface area contributed by atoms with E-state index in [4.69, 9.17) is 9.47 Å². The van der Waals surface area contributed by atoms with Crippen LogP contribution in [0.2, 0.25) is 0 Å². The second kappa shape index (κ2) is 10.1. The first-order valence-corrected chi connectivity index (χ1v) is 10.4. The van der Waals surface area contributed by atoms with Gasteiger partial charge in [-0.05, 0) is 60.7 Å². The topological polar surface area (TPSA) is 84.9 Å². The maximum absolute atomic E-state index is 12.1. The summed E-state index contributed by atoms with van der Waals surface area (Å²) < 4.78 is 10.5. The van der Waals surface area contributed by atoms with Gasteiger partial charge in [0, 0.05) is 24.3 Å². The van der Waals surface area contributed by atoms with Gasteiger partial charge in [-0.15, -0.1) is 0 Å². The molecule has 7 nitrogen and oxygen atoms in total. The van der Waals surface area contributed by atoms with Crippen LogP contribution < -0.4 is 15.0 Å². The average molecular weight is 424 g/mol. The predicted octanol–water partition coefficient (Wildman–Crippen LogP) is 3.81. The van der Waals surface area contributed by atoms with Gasteiger partial charge in [0.1, 0.15) is 5.75 Å². The fraction of sp³-hybridized carbons (Fsp3) is 0.375. The standard InChI is InChI=1S/C24H28N2O5/c1-16(2)21-10-9-20(12-17(21)3)30-15-24(29)31-14-22(27)25-18-6-4-7-19(13-18)26-11-5-8-23(26)28/h4,6-7,9-10,12-13,16H,5,8,11,14-15H2,1-3H3,(H,25,27). The minimum absolute atomic E-state index is 0.0754. The number of esters is 1. The molecule has 1 saturated heterocycles. The molecule has 2 amide bonds. The number of hydrogen-bond donors (Lipinski definition) is 1. The van der Waals surface area contributed by atoms with Crippen LogP contribution in [0.15, 0.2) is 42.5 Å². The van der Waals surface area contributed by atoms with E-state index in [1.165, 1.54) is 5.56 Å². The third kappa shape index (κ3) is 6.07. The molecule has 7 heteroatoms. The van der Waals surface area contributed by atoms with E-state index in [0.717, 1.165) is 17.7 Å². The average Bonchev–Trinajstić information content (AvgIpc) is 3.16. The lowest BCUT2D eigenvalue weighted by Crippen LogP contribution is -2.25. The number of nitrogens with zero attached hydrogens (tertiary/aromatic N) is 1. The second-order valence-electron chi connectivity index (χ2n) is 7.87. The Hall–Kier alpha value is -3.35. The first-order valence-electron chi connectivity index (χ1n) is 10.4. The SMILES string of the molecule is Cc1cc(OCC(=O)OCC(=O)Nc2cccc(N3CCCC3=O)c2)ccc1C(C)C. The van der Waals surface area contributed by atoms with Crippen molar-refractivity contribution in [3.63, 3.8) is 0 Å². The van der Waals surface area contributed by atoms with Crippen LogP contribution in [0.4, 0.5) is 11.4 Å². The molecular formula is C24H28N2O5. The Morgan fingerprint density at radius 3 is 2.61 bits per heavy atom. The van der Waals surface area contributed by atoms with Gasteiger partial charge in [0.05, 0.1) is 0 Å². The summed E-state index contributed by atoms with van der Waals surface area (Å²) in [5, 5.41) is 2.68. The molecule has 0 radical (unpaired) electrons. The van der Waals surface area contributed by atoms with Gasteiger partial charge in [0.25, 0.3) is 5.91 Å². The van der Waals surface area contributed by atoms with Crippen molar-refractivity contribution in [2.45, 2.75) is 39.5 Å². The molecule has 0 saturated carbocycles. The minimum Gasteiger partial charge on any atom is -0.482 e. The molecule has 0 spiro atoms. The molecule has 0 aliphatic carbocycles. The predicted molar refractivity (Wildman–Crippen MR) is 118 cm³/mol. The molecule has 0 aromatic heterocycles. The molecule has 2 aromatic rings. The Morgan fingerprint density at radius 2 is 1.94 bits per heavy atom. The lowest BCUT2D eigenvalue weighted by molar-refractivity contribution is -0.149. The number of amides is 2. The highest BCUT2D eigenvalue weighted by Crippen LogP contribution is 2.25. The number of nitrogens with one attached hydrogen (secondary N) is 1. The molecule has 1 N–H and O–H groups in total. The van der Waals surface area contributed by atoms with Crippen molar-refractivity contribution < 1.29 is 23.9 Å². The van der Waals surface area contributed by atoms with Gasteiger partial charge in [0.2, 0.25) is 5.91 Å². The Kier molecular flexibility index (Phi) is 7.28. The quantitative estimate of drug-likeness (QED) is 0.652. The van der Waals surface area contributed by atoms with Crippen molar-refractivity contribution in [2.24, 2.45) is 0 Å². The van der Waals surface area contributed by atoms with Crippen molar-refractivity contribution in [1.82, 2.24) is 0 Å². The Labute approximate surface area is 182 Å². The lowest BCUT2D eigenvalue weighted by atomic mass is 9.98. The fourth-order valence-electron chi connectivity index (χ4n) is 3.59. The molecule has 2 aromatic carbocycles. The molecule has 1 heterocycles. The van der Waals surface area contributed by atoms with E-state index in [1.807, 2.05) is 31.2 Å². The zero-order valence-electron chi connectivity index (χ0n) is 18.1. The van der Waals surface area contributed by atoms with Crippen LogP contribution >= 0.6 is 0 Å². The summed E-state index contributed by atoms with van der Waals surface area (Å²) in [6.07, 6.45) is 1.37. The molecular weight excluding hydrogens is 396 g/mol. The van der Waals surface area contributed by atoms with Gasteiger partial charge in [0.15, 0.2) is 13.2 Å². The highest BCUT2D eigenvalue weighted by atomic mass is 16.6. The van der Waals surface area contributed by atoms with E-state index in [1.54, 1.807) is 23.1 Å². The maximum Gasteiger partial charge on any atom is 0.344 e. The van der Waals surface area contributed by atoms with E-state index in [2.05, 4.69) is 19.2 Å². The van der Waals surface area contributed by atoms with Crippen molar-refractivity contribution in [3.8, 4) is 5.75 Å². The second-order valence-corrected chi connectivity index (χ2v) is 7.87. The van der Waals surface area contributed by atoms with Gasteiger partial charge in [-0.2, -0.15) is 0 Å². The number of ether oxygens (including phenoxy) is 2. The van der Waals surface area contributed by atoms with Crippen molar-refractivity contribution in [1.29, 1.82) is 0 Å². The molecule has 3 rings (SSSR count). The van der Waals surface area contributed by atoms with E-state index in [0.29, 0.717) is 30.3 Å². The molecule has 1 aliphatic rings. The molecule has 0 unspecified atom stereocenters. The largest absolute Gasteiger partial charge is 0.482 e. The number of anilines is 2. The third-order valence-corrected chi connectivity index (χ3v) is 5.10. The van der Waals surface area contributed by atoms with Crippen LogP contribution in [0.25, 0.3) is 0 Å². The Morgan fingerprint density at radius 1 is 1.13 bits per heavy atom. The molecule has 0 bridgehead atoms. The normalized spacial score (nSPS) is 13.4. The Balaban J connectivity index is 1.45. The summed E-state index contributed by atoms with van der Waals surface area (Å²) in [5.41, 5.74) is 3.60. The maximum atomic E-state index is 12.1. The van der Waals surface area contributed by atoms with Gasteiger partial charge in [-0.25, -0.2) is 4.79 Å². The smallest absolute Gasteiger partial charge is 0.344 e. The number of aryl methyl sites for hydroxylation is 1. The minimum atomic E-state index is -0.628. The first kappa shape index (κ1) is 22.3. The number of hydrogen-bond acceptors (Lipinski definition) is 5. The van der Waals surface area contributed by atoms with Crippen LogP contribution in [0.5, 0.6) is 5.75 Å². The van der Waals surface area contributed by atoms with Crippen molar-refractivity contribution in [3.05, 3.63) is 53.6 Å². The van der Waals surface area contributed by atoms with Crippen LogP contribution in [0.1, 0.15) is 43.7 Å². The number of carbonyl (C=O) groups is 3. The van der Waals surface area contributed by atoms with E-state index < -0.39 is 18.5 Å². The fourth-order valence-corrected chi connectivity index (χ4v) is 3.59. The molecule has 31 heavy (non-hydrogen) atoms. The van der Waals surface area contributed by atoms with Crippen molar-refractivity contribution in [2.75, 3.05) is 30.0 Å². The van der Waals surface area contributed by atoms with E-state index in [-0.39, 0.29) is 12.5 Å². The summed E-state index contributed by atoms with van der Waals surface area (Å²) >= 11 is 0. The lowest BCUT2D eigenvalue weighted by Gasteiger charge is -2.16. The van der Waals surface area contributed by atoms with Crippen LogP contribution in [0.3, 0.4) is 0 Å². The molecule has 1 fully saturated rings. The van der Waals surface area contributed by atoms with Gasteiger partial charge < -0.3 is 19.7 Å². The Bertz CT molecular complexity index is 970. The van der Waals surface area contributed by atoms with Gasteiger partial charge >= 0.3 is 5.97 Å². The number of rotatable bonds is 8. The van der Waals surface area contributed by atoms with E-state index >= 15 is 0 Å². The summed E-state index contributed by atoms with van der Waals surface area (Å²) in [4.78, 5) is 37.6.